The van der Waals surface area contributed by atoms with Crippen molar-refractivity contribution in [2.75, 3.05) is 13.2 Å². The highest BCUT2D eigenvalue weighted by molar-refractivity contribution is 5.94. The van der Waals surface area contributed by atoms with Gasteiger partial charge in [0, 0.05) is 5.57 Å². The van der Waals surface area contributed by atoms with Crippen LogP contribution in [0.4, 0.5) is 0 Å². The van der Waals surface area contributed by atoms with Crippen molar-refractivity contribution in [3.8, 4) is 0 Å². The summed E-state index contributed by atoms with van der Waals surface area (Å²) in [6, 6.07) is 0. The van der Waals surface area contributed by atoms with Crippen molar-refractivity contribution in [2.24, 2.45) is 0 Å². The lowest BCUT2D eigenvalue weighted by Gasteiger charge is -2.34. The highest BCUT2D eigenvalue weighted by Crippen LogP contribution is 2.23. The fourth-order valence-corrected chi connectivity index (χ4v) is 1.08. The summed E-state index contributed by atoms with van der Waals surface area (Å²) in [5.41, 5.74) is -0.0593. The number of aliphatic hydroxyl groups excluding tert-OH is 2. The largest absolute Gasteiger partial charge is 0.442 e. The molecule has 100 valence electrons. The predicted molar refractivity (Wildman–Crippen MR) is 53.8 cm³/mol. The molecule has 2 unspecified atom stereocenters. The first-order valence-corrected chi connectivity index (χ1v) is 4.91. The SMILES string of the molecule is C=C(C)C(=O)OC1(CO)OC(=O)C(CO)OC1=O. The molecule has 1 aliphatic heterocycles. The Morgan fingerprint density at radius 1 is 1.50 bits per heavy atom. The van der Waals surface area contributed by atoms with Crippen molar-refractivity contribution < 1.29 is 38.8 Å². The zero-order valence-corrected chi connectivity index (χ0v) is 9.54. The van der Waals surface area contributed by atoms with Gasteiger partial charge in [-0.05, 0) is 6.92 Å². The molecule has 2 N–H and O–H groups in total. The van der Waals surface area contributed by atoms with Gasteiger partial charge in [-0.15, -0.1) is 0 Å². The number of cyclic esters (lactones) is 2. The van der Waals surface area contributed by atoms with Crippen molar-refractivity contribution in [3.63, 3.8) is 0 Å². The summed E-state index contributed by atoms with van der Waals surface area (Å²) < 4.78 is 13.6. The third-order valence-electron chi connectivity index (χ3n) is 2.07. The van der Waals surface area contributed by atoms with Crippen molar-refractivity contribution in [1.29, 1.82) is 0 Å². The van der Waals surface area contributed by atoms with Gasteiger partial charge in [-0.2, -0.15) is 0 Å². The fourth-order valence-electron chi connectivity index (χ4n) is 1.08. The molecule has 2 atom stereocenters. The zero-order valence-electron chi connectivity index (χ0n) is 9.54. The fraction of sp³-hybridized carbons (Fsp3) is 0.500. The number of hydrogen-bond acceptors (Lipinski definition) is 8. The summed E-state index contributed by atoms with van der Waals surface area (Å²) in [6.07, 6.45) is -1.50. The smallest absolute Gasteiger partial charge is 0.396 e. The van der Waals surface area contributed by atoms with Gasteiger partial charge in [0.15, 0.2) is 0 Å². The molecule has 8 heteroatoms. The molecule has 0 aromatic carbocycles. The summed E-state index contributed by atoms with van der Waals surface area (Å²) in [5, 5.41) is 17.8. The standard InChI is InChI=1S/C10H12O8/c1-5(2)7(13)17-10(4-12)9(15)16-6(3-11)8(14)18-10/h6,11-12H,1,3-4H2,2H3. The molecule has 1 saturated heterocycles. The molecule has 8 nitrogen and oxygen atoms in total. The monoisotopic (exact) mass is 260 g/mol. The second kappa shape index (κ2) is 5.15. The maximum atomic E-state index is 11.5. The lowest BCUT2D eigenvalue weighted by Crippen LogP contribution is -2.59. The van der Waals surface area contributed by atoms with Crippen LogP contribution >= 0.6 is 0 Å². The molecule has 1 rings (SSSR count). The molecule has 0 bridgehead atoms. The molecule has 0 amide bonds. The van der Waals surface area contributed by atoms with Gasteiger partial charge in [0.05, 0.1) is 6.61 Å². The van der Waals surface area contributed by atoms with E-state index >= 15 is 0 Å². The van der Waals surface area contributed by atoms with Crippen LogP contribution in [0.1, 0.15) is 6.92 Å². The van der Waals surface area contributed by atoms with E-state index < -0.39 is 43.0 Å². The Bertz CT molecular complexity index is 401. The normalized spacial score (nSPS) is 27.2. The maximum Gasteiger partial charge on any atom is 0.396 e. The van der Waals surface area contributed by atoms with E-state index in [1.165, 1.54) is 6.92 Å². The summed E-state index contributed by atoms with van der Waals surface area (Å²) in [5.74, 6) is -5.98. The van der Waals surface area contributed by atoms with Crippen LogP contribution < -0.4 is 0 Å². The van der Waals surface area contributed by atoms with Crippen molar-refractivity contribution >= 4 is 17.9 Å². The van der Waals surface area contributed by atoms with E-state index in [1.807, 2.05) is 0 Å². The van der Waals surface area contributed by atoms with Crippen molar-refractivity contribution in [1.82, 2.24) is 0 Å². The first kappa shape index (κ1) is 14.1. The third kappa shape index (κ3) is 2.49. The molecular formula is C10H12O8. The van der Waals surface area contributed by atoms with Gasteiger partial charge in [0.1, 0.15) is 6.61 Å². The first-order chi connectivity index (χ1) is 8.36. The maximum absolute atomic E-state index is 11.5. The van der Waals surface area contributed by atoms with E-state index in [2.05, 4.69) is 20.8 Å². The third-order valence-corrected chi connectivity index (χ3v) is 2.07. The number of ether oxygens (including phenoxy) is 3. The number of carbonyl (C=O) groups is 3. The molecule has 1 aliphatic rings. The van der Waals surface area contributed by atoms with Crippen molar-refractivity contribution in [3.05, 3.63) is 12.2 Å². The number of esters is 3. The van der Waals surface area contributed by atoms with Crippen LogP contribution in [0.3, 0.4) is 0 Å². The number of aliphatic hydroxyl groups is 2. The van der Waals surface area contributed by atoms with Gasteiger partial charge in [0.25, 0.3) is 0 Å². The number of rotatable bonds is 4. The van der Waals surface area contributed by atoms with E-state index in [9.17, 15) is 14.4 Å². The highest BCUT2D eigenvalue weighted by atomic mass is 16.8. The minimum Gasteiger partial charge on any atom is -0.442 e. The van der Waals surface area contributed by atoms with Crippen LogP contribution in [0.25, 0.3) is 0 Å². The second-order valence-corrected chi connectivity index (χ2v) is 3.58. The molecule has 1 fully saturated rings. The van der Waals surface area contributed by atoms with Crippen LogP contribution in [0, 0.1) is 0 Å². The average Bonchev–Trinajstić information content (AvgIpc) is 2.32. The Balaban J connectivity index is 2.94. The van der Waals surface area contributed by atoms with Crippen LogP contribution in [0.15, 0.2) is 12.2 Å². The molecular weight excluding hydrogens is 248 g/mol. The minimum absolute atomic E-state index is 0.0593. The minimum atomic E-state index is -2.54. The van der Waals surface area contributed by atoms with Crippen molar-refractivity contribution in [2.45, 2.75) is 18.8 Å². The van der Waals surface area contributed by atoms with Crippen LogP contribution in [-0.2, 0) is 28.6 Å². The van der Waals surface area contributed by atoms with Gasteiger partial charge < -0.3 is 24.4 Å². The number of carbonyl (C=O) groups excluding carboxylic acids is 3. The van der Waals surface area contributed by atoms with Crippen LogP contribution in [0.5, 0.6) is 0 Å². The molecule has 0 radical (unpaired) electrons. The van der Waals surface area contributed by atoms with Gasteiger partial charge in [-0.3, -0.25) is 0 Å². The van der Waals surface area contributed by atoms with E-state index in [1.54, 1.807) is 0 Å². The average molecular weight is 260 g/mol. The molecule has 0 aromatic heterocycles. The lowest BCUT2D eigenvalue weighted by molar-refractivity contribution is -0.269. The molecule has 0 aromatic rings. The zero-order chi connectivity index (χ0) is 13.9. The summed E-state index contributed by atoms with van der Waals surface area (Å²) >= 11 is 0. The van der Waals surface area contributed by atoms with Crippen LogP contribution in [0.2, 0.25) is 0 Å². The molecule has 1 heterocycles. The Labute approximate surface area is 102 Å². The Morgan fingerprint density at radius 2 is 2.11 bits per heavy atom. The summed E-state index contributed by atoms with van der Waals surface area (Å²) in [4.78, 5) is 34.2. The van der Waals surface area contributed by atoms with E-state index in [0.29, 0.717) is 0 Å². The first-order valence-electron chi connectivity index (χ1n) is 4.91. The topological polar surface area (TPSA) is 119 Å². The van der Waals surface area contributed by atoms with E-state index in [0.717, 1.165) is 0 Å². The van der Waals surface area contributed by atoms with Gasteiger partial charge >= 0.3 is 23.7 Å². The van der Waals surface area contributed by atoms with Gasteiger partial charge in [0.2, 0.25) is 6.10 Å². The van der Waals surface area contributed by atoms with E-state index in [4.69, 9.17) is 10.2 Å². The molecule has 18 heavy (non-hydrogen) atoms. The Hall–Kier alpha value is -1.93. The molecule has 0 saturated carbocycles. The second-order valence-electron chi connectivity index (χ2n) is 3.58. The highest BCUT2D eigenvalue weighted by Gasteiger charge is 2.54. The molecule has 0 aliphatic carbocycles. The number of hydrogen-bond donors (Lipinski definition) is 2. The van der Waals surface area contributed by atoms with E-state index in [-0.39, 0.29) is 5.57 Å². The quantitative estimate of drug-likeness (QED) is 0.451. The van der Waals surface area contributed by atoms with Gasteiger partial charge in [-0.25, -0.2) is 14.4 Å². The Morgan fingerprint density at radius 3 is 2.56 bits per heavy atom. The Kier molecular flexibility index (Phi) is 4.04. The summed E-state index contributed by atoms with van der Waals surface area (Å²) in [7, 11) is 0. The summed E-state index contributed by atoms with van der Waals surface area (Å²) in [6.45, 7) is 2.70. The van der Waals surface area contributed by atoms with Crippen LogP contribution in [-0.4, -0.2) is 53.2 Å². The lowest BCUT2D eigenvalue weighted by atomic mass is 10.2. The predicted octanol–water partition coefficient (Wildman–Crippen LogP) is -1.74. The van der Waals surface area contributed by atoms with Gasteiger partial charge in [-0.1, -0.05) is 6.58 Å². The molecule has 0 spiro atoms.